The highest BCUT2D eigenvalue weighted by Gasteiger charge is 2.16. The van der Waals surface area contributed by atoms with Crippen LogP contribution in [0, 0.1) is 0 Å². The first-order valence-corrected chi connectivity index (χ1v) is 7.83. The van der Waals surface area contributed by atoms with Gasteiger partial charge < -0.3 is 11.1 Å². The van der Waals surface area contributed by atoms with Gasteiger partial charge >= 0.3 is 0 Å². The molecule has 102 valence electrons. The number of thiophene rings is 1. The second-order valence-corrected chi connectivity index (χ2v) is 6.56. The summed E-state index contributed by atoms with van der Waals surface area (Å²) in [5.74, 6) is -0.744. The highest BCUT2D eigenvalue weighted by Crippen LogP contribution is 2.31. The van der Waals surface area contributed by atoms with Crippen molar-refractivity contribution < 1.29 is 13.2 Å². The zero-order chi connectivity index (χ0) is 14.0. The molecule has 0 aliphatic heterocycles. The second-order valence-electron chi connectivity index (χ2n) is 3.82. The van der Waals surface area contributed by atoms with Crippen LogP contribution in [0.1, 0.15) is 9.67 Å². The molecule has 7 nitrogen and oxygen atoms in total. The van der Waals surface area contributed by atoms with E-state index in [1.807, 2.05) is 0 Å². The van der Waals surface area contributed by atoms with Crippen molar-refractivity contribution in [3.05, 3.63) is 23.2 Å². The molecule has 0 aromatic carbocycles. The zero-order valence-electron chi connectivity index (χ0n) is 9.79. The van der Waals surface area contributed by atoms with Crippen LogP contribution in [-0.4, -0.2) is 31.6 Å². The summed E-state index contributed by atoms with van der Waals surface area (Å²) in [5.41, 5.74) is 6.21. The molecular formula is C10H12N4O3S2. The summed E-state index contributed by atoms with van der Waals surface area (Å²) < 4.78 is 21.5. The van der Waals surface area contributed by atoms with Gasteiger partial charge in [0.15, 0.2) is 0 Å². The molecule has 2 aromatic heterocycles. The molecule has 9 heteroatoms. The molecule has 0 aliphatic carbocycles. The first-order chi connectivity index (χ1) is 8.88. The molecule has 0 radical (unpaired) electrons. The highest BCUT2D eigenvalue weighted by molar-refractivity contribution is 7.89. The first kappa shape index (κ1) is 13.7. The third-order valence-electron chi connectivity index (χ3n) is 2.38. The fraction of sp³-hybridized carbons (Fsp3) is 0.200. The molecule has 0 saturated heterocycles. The third-order valence-corrected chi connectivity index (χ3v) is 4.28. The topological polar surface area (TPSA) is 128 Å². The molecule has 2 rings (SSSR count). The predicted molar refractivity (Wildman–Crippen MR) is 74.3 cm³/mol. The van der Waals surface area contributed by atoms with E-state index in [-0.39, 0.29) is 12.3 Å². The lowest BCUT2D eigenvalue weighted by Gasteiger charge is -2.02. The second kappa shape index (κ2) is 5.11. The standard InChI is InChI=1S/C10H12N4O3S2/c11-7-6-2-1-3-14-10(6)18-8(7)9(15)13-4-5-19(12,16)17/h1-3H,4-5,11H2,(H,13,15)(H2,12,16,17). The number of nitrogens with zero attached hydrogens (tertiary/aromatic N) is 1. The summed E-state index contributed by atoms with van der Waals surface area (Å²) >= 11 is 1.16. The SMILES string of the molecule is Nc1c(C(=O)NCCS(N)(=O)=O)sc2ncccc12. The number of sulfonamides is 1. The lowest BCUT2D eigenvalue weighted by Crippen LogP contribution is -2.31. The predicted octanol–water partition coefficient (Wildman–Crippen LogP) is -0.103. The number of nitrogen functional groups attached to an aromatic ring is 1. The smallest absolute Gasteiger partial charge is 0.263 e. The van der Waals surface area contributed by atoms with Crippen LogP contribution in [0.15, 0.2) is 18.3 Å². The van der Waals surface area contributed by atoms with Crippen molar-refractivity contribution in [3.63, 3.8) is 0 Å². The van der Waals surface area contributed by atoms with E-state index < -0.39 is 15.9 Å². The van der Waals surface area contributed by atoms with Gasteiger partial charge in [-0.05, 0) is 12.1 Å². The molecule has 0 spiro atoms. The summed E-state index contributed by atoms with van der Waals surface area (Å²) in [7, 11) is -3.59. The average Bonchev–Trinajstić information content (AvgIpc) is 2.66. The molecule has 0 fully saturated rings. The number of primary sulfonamides is 1. The number of amides is 1. The number of carbonyl (C=O) groups is 1. The minimum Gasteiger partial charge on any atom is -0.397 e. The summed E-state index contributed by atoms with van der Waals surface area (Å²) in [5, 5.41) is 8.01. The molecule has 0 saturated carbocycles. The molecule has 0 unspecified atom stereocenters. The normalized spacial score (nSPS) is 11.6. The van der Waals surface area contributed by atoms with E-state index >= 15 is 0 Å². The summed E-state index contributed by atoms with van der Waals surface area (Å²) in [6, 6.07) is 3.50. The number of nitrogens with two attached hydrogens (primary N) is 2. The van der Waals surface area contributed by atoms with Crippen LogP contribution in [0.2, 0.25) is 0 Å². The maximum Gasteiger partial charge on any atom is 0.263 e. The van der Waals surface area contributed by atoms with Crippen molar-refractivity contribution in [1.82, 2.24) is 10.3 Å². The Morgan fingerprint density at radius 3 is 2.84 bits per heavy atom. The fourth-order valence-electron chi connectivity index (χ4n) is 1.51. The van der Waals surface area contributed by atoms with Gasteiger partial charge in [0.1, 0.15) is 9.71 Å². The summed E-state index contributed by atoms with van der Waals surface area (Å²) in [6.07, 6.45) is 1.61. The monoisotopic (exact) mass is 300 g/mol. The van der Waals surface area contributed by atoms with Crippen LogP contribution in [0.5, 0.6) is 0 Å². The molecular weight excluding hydrogens is 288 g/mol. The van der Waals surface area contributed by atoms with Crippen LogP contribution < -0.4 is 16.2 Å². The van der Waals surface area contributed by atoms with Crippen molar-refractivity contribution in [1.29, 1.82) is 0 Å². The van der Waals surface area contributed by atoms with Crippen molar-refractivity contribution in [2.45, 2.75) is 0 Å². The number of pyridine rings is 1. The lowest BCUT2D eigenvalue weighted by atomic mass is 10.2. The minimum absolute atomic E-state index is 0.0568. The zero-order valence-corrected chi connectivity index (χ0v) is 11.4. The number of anilines is 1. The van der Waals surface area contributed by atoms with Gasteiger partial charge in [0, 0.05) is 18.1 Å². The van der Waals surface area contributed by atoms with E-state index in [1.54, 1.807) is 18.3 Å². The van der Waals surface area contributed by atoms with Crippen molar-refractivity contribution in [3.8, 4) is 0 Å². The van der Waals surface area contributed by atoms with Gasteiger partial charge in [-0.15, -0.1) is 11.3 Å². The Hall–Kier alpha value is -1.71. The van der Waals surface area contributed by atoms with Crippen molar-refractivity contribution >= 4 is 43.2 Å². The molecule has 19 heavy (non-hydrogen) atoms. The maximum absolute atomic E-state index is 11.9. The number of carbonyl (C=O) groups excluding carboxylic acids is 1. The van der Waals surface area contributed by atoms with E-state index in [0.717, 1.165) is 11.3 Å². The third kappa shape index (κ3) is 3.19. The molecule has 2 aromatic rings. The number of rotatable bonds is 4. The Bertz CT molecular complexity index is 723. The van der Waals surface area contributed by atoms with E-state index in [2.05, 4.69) is 10.3 Å². The average molecular weight is 300 g/mol. The van der Waals surface area contributed by atoms with Crippen LogP contribution in [0.4, 0.5) is 5.69 Å². The Balaban J connectivity index is 2.16. The van der Waals surface area contributed by atoms with Gasteiger partial charge in [-0.25, -0.2) is 18.5 Å². The van der Waals surface area contributed by atoms with Crippen molar-refractivity contribution in [2.24, 2.45) is 5.14 Å². The number of fused-ring (bicyclic) bond motifs is 1. The first-order valence-electron chi connectivity index (χ1n) is 5.30. The van der Waals surface area contributed by atoms with Gasteiger partial charge in [-0.1, -0.05) is 0 Å². The van der Waals surface area contributed by atoms with Gasteiger partial charge in [0.25, 0.3) is 5.91 Å². The lowest BCUT2D eigenvalue weighted by molar-refractivity contribution is 0.0961. The van der Waals surface area contributed by atoms with Gasteiger partial charge in [0.2, 0.25) is 10.0 Å². The fourth-order valence-corrected chi connectivity index (χ4v) is 2.87. The van der Waals surface area contributed by atoms with Crippen LogP contribution >= 0.6 is 11.3 Å². The van der Waals surface area contributed by atoms with E-state index in [9.17, 15) is 13.2 Å². The molecule has 5 N–H and O–H groups in total. The molecule has 1 amide bonds. The molecule has 2 heterocycles. The molecule has 0 aliphatic rings. The number of aromatic nitrogens is 1. The largest absolute Gasteiger partial charge is 0.397 e. The Labute approximate surface area is 113 Å². The summed E-state index contributed by atoms with van der Waals surface area (Å²) in [4.78, 5) is 17.0. The van der Waals surface area contributed by atoms with Crippen LogP contribution in [0.25, 0.3) is 10.2 Å². The Kier molecular flexibility index (Phi) is 3.69. The van der Waals surface area contributed by atoms with Crippen LogP contribution in [-0.2, 0) is 10.0 Å². The van der Waals surface area contributed by atoms with E-state index in [4.69, 9.17) is 10.9 Å². The van der Waals surface area contributed by atoms with Gasteiger partial charge in [-0.2, -0.15) is 0 Å². The van der Waals surface area contributed by atoms with Crippen molar-refractivity contribution in [2.75, 3.05) is 18.0 Å². The number of hydrogen-bond donors (Lipinski definition) is 3. The number of nitrogens with one attached hydrogen (secondary N) is 1. The maximum atomic E-state index is 11.9. The van der Waals surface area contributed by atoms with E-state index in [0.29, 0.717) is 20.8 Å². The van der Waals surface area contributed by atoms with E-state index in [1.165, 1.54) is 0 Å². The minimum atomic E-state index is -3.59. The van der Waals surface area contributed by atoms with Gasteiger partial charge in [0.05, 0.1) is 11.4 Å². The number of hydrogen-bond acceptors (Lipinski definition) is 6. The molecule has 0 atom stereocenters. The Morgan fingerprint density at radius 2 is 2.21 bits per heavy atom. The quantitative estimate of drug-likeness (QED) is 0.726. The Morgan fingerprint density at radius 1 is 1.47 bits per heavy atom. The molecule has 0 bridgehead atoms. The van der Waals surface area contributed by atoms with Crippen LogP contribution in [0.3, 0.4) is 0 Å². The van der Waals surface area contributed by atoms with Gasteiger partial charge in [-0.3, -0.25) is 4.79 Å². The summed E-state index contributed by atoms with van der Waals surface area (Å²) in [6.45, 7) is -0.0568. The highest BCUT2D eigenvalue weighted by atomic mass is 32.2.